The summed E-state index contributed by atoms with van der Waals surface area (Å²) in [7, 11) is -0.810. The van der Waals surface area contributed by atoms with Gasteiger partial charge < -0.3 is 14.8 Å². The molecule has 106 valence electrons. The summed E-state index contributed by atoms with van der Waals surface area (Å²) in [5.74, 6) is 2.90. The average molecular weight is 292 g/mol. The minimum absolute atomic E-state index is 0.566. The Morgan fingerprint density at radius 2 is 2.05 bits per heavy atom. The van der Waals surface area contributed by atoms with Crippen LogP contribution < -0.4 is 14.8 Å². The Balaban J connectivity index is 1.94. The quantitative estimate of drug-likeness (QED) is 0.931. The Morgan fingerprint density at radius 1 is 1.30 bits per heavy atom. The van der Waals surface area contributed by atoms with E-state index in [-0.39, 0.29) is 0 Å². The van der Waals surface area contributed by atoms with Crippen molar-refractivity contribution in [1.29, 1.82) is 0 Å². The van der Waals surface area contributed by atoms with E-state index in [9.17, 15) is 4.21 Å². The molecular formula is C14H16N2O3S. The van der Waals surface area contributed by atoms with Gasteiger partial charge in [-0.25, -0.2) is 4.98 Å². The number of hydrogen-bond acceptors (Lipinski definition) is 5. The van der Waals surface area contributed by atoms with Crippen molar-refractivity contribution in [2.75, 3.05) is 37.1 Å². The second kappa shape index (κ2) is 5.66. The molecule has 1 atom stereocenters. The average Bonchev–Trinajstić information content (AvgIpc) is 2.45. The summed E-state index contributed by atoms with van der Waals surface area (Å²) in [6, 6.07) is 5.85. The highest BCUT2D eigenvalue weighted by Gasteiger charge is 2.14. The van der Waals surface area contributed by atoms with E-state index < -0.39 is 10.8 Å². The van der Waals surface area contributed by atoms with Gasteiger partial charge in [0, 0.05) is 40.9 Å². The standard InChI is InChI=1S/C14H16N2O3S/c1-20(17)7-4-16-14-11-9-13-12(18-5-6-19-13)8-10(11)2-3-15-14/h2-3,8-9H,4-7H2,1H3,(H,15,16). The molecule has 3 rings (SSSR count). The van der Waals surface area contributed by atoms with E-state index in [0.717, 1.165) is 28.1 Å². The van der Waals surface area contributed by atoms with Gasteiger partial charge in [0.25, 0.3) is 0 Å². The molecule has 1 aromatic heterocycles. The molecule has 0 bridgehead atoms. The highest BCUT2D eigenvalue weighted by atomic mass is 32.2. The number of ether oxygens (including phenoxy) is 2. The Morgan fingerprint density at radius 3 is 2.80 bits per heavy atom. The van der Waals surface area contributed by atoms with Crippen molar-refractivity contribution in [1.82, 2.24) is 4.98 Å². The van der Waals surface area contributed by atoms with Crippen molar-refractivity contribution < 1.29 is 13.7 Å². The van der Waals surface area contributed by atoms with Crippen LogP contribution in [0.1, 0.15) is 0 Å². The second-order valence-corrected chi connectivity index (χ2v) is 6.14. The van der Waals surface area contributed by atoms with Crippen molar-refractivity contribution in [3.05, 3.63) is 24.4 Å². The van der Waals surface area contributed by atoms with Gasteiger partial charge in [-0.05, 0) is 23.6 Å². The summed E-state index contributed by atoms with van der Waals surface area (Å²) in [5.41, 5.74) is 0. The van der Waals surface area contributed by atoms with Crippen molar-refractivity contribution in [3.8, 4) is 11.5 Å². The Labute approximate surface area is 119 Å². The van der Waals surface area contributed by atoms with Crippen LogP contribution in [0, 0.1) is 0 Å². The smallest absolute Gasteiger partial charge is 0.162 e. The van der Waals surface area contributed by atoms with Gasteiger partial charge in [-0.3, -0.25) is 4.21 Å². The number of hydrogen-bond donors (Lipinski definition) is 1. The molecular weight excluding hydrogens is 276 g/mol. The first-order chi connectivity index (χ1) is 9.74. The molecule has 5 nitrogen and oxygen atoms in total. The second-order valence-electron chi connectivity index (χ2n) is 4.58. The Hall–Kier alpha value is -1.82. The van der Waals surface area contributed by atoms with Gasteiger partial charge in [0.2, 0.25) is 0 Å². The summed E-state index contributed by atoms with van der Waals surface area (Å²) < 4.78 is 22.3. The third-order valence-electron chi connectivity index (χ3n) is 3.11. The van der Waals surface area contributed by atoms with Gasteiger partial charge in [0.15, 0.2) is 11.5 Å². The van der Waals surface area contributed by atoms with Crippen molar-refractivity contribution >= 4 is 27.4 Å². The Kier molecular flexibility index (Phi) is 3.73. The minimum Gasteiger partial charge on any atom is -0.486 e. The number of fused-ring (bicyclic) bond motifs is 2. The highest BCUT2D eigenvalue weighted by molar-refractivity contribution is 7.84. The van der Waals surface area contributed by atoms with Gasteiger partial charge in [0.05, 0.1) is 0 Å². The van der Waals surface area contributed by atoms with E-state index >= 15 is 0 Å². The van der Waals surface area contributed by atoms with Crippen LogP contribution in [0.25, 0.3) is 10.8 Å². The molecule has 0 fully saturated rings. The van der Waals surface area contributed by atoms with Crippen LogP contribution >= 0.6 is 0 Å². The number of nitrogens with one attached hydrogen (secondary N) is 1. The fraction of sp³-hybridized carbons (Fsp3) is 0.357. The number of aromatic nitrogens is 1. The van der Waals surface area contributed by atoms with E-state index in [1.54, 1.807) is 12.5 Å². The molecule has 0 saturated heterocycles. The number of pyridine rings is 1. The summed E-state index contributed by atoms with van der Waals surface area (Å²) in [5, 5.41) is 5.26. The van der Waals surface area contributed by atoms with Crippen LogP contribution in [-0.2, 0) is 10.8 Å². The predicted octanol–water partition coefficient (Wildman–Crippen LogP) is 1.80. The zero-order valence-corrected chi connectivity index (χ0v) is 12.0. The van der Waals surface area contributed by atoms with E-state index in [4.69, 9.17) is 9.47 Å². The summed E-state index contributed by atoms with van der Waals surface area (Å²) in [6.45, 7) is 1.77. The van der Waals surface area contributed by atoms with Gasteiger partial charge in [-0.15, -0.1) is 0 Å². The predicted molar refractivity (Wildman–Crippen MR) is 80.2 cm³/mol. The van der Waals surface area contributed by atoms with Gasteiger partial charge in [0.1, 0.15) is 19.0 Å². The molecule has 0 saturated carbocycles. The summed E-state index contributed by atoms with van der Waals surface area (Å²) in [4.78, 5) is 4.35. The maximum absolute atomic E-state index is 11.1. The van der Waals surface area contributed by atoms with Crippen LogP contribution in [0.4, 0.5) is 5.82 Å². The van der Waals surface area contributed by atoms with E-state index in [2.05, 4.69) is 10.3 Å². The van der Waals surface area contributed by atoms with Crippen LogP contribution in [-0.4, -0.2) is 41.0 Å². The van der Waals surface area contributed by atoms with E-state index in [1.165, 1.54) is 0 Å². The molecule has 2 heterocycles. The first kappa shape index (κ1) is 13.2. The third kappa shape index (κ3) is 2.70. The lowest BCUT2D eigenvalue weighted by molar-refractivity contribution is 0.172. The van der Waals surface area contributed by atoms with Crippen molar-refractivity contribution in [2.24, 2.45) is 0 Å². The van der Waals surface area contributed by atoms with Crippen molar-refractivity contribution in [3.63, 3.8) is 0 Å². The number of nitrogens with zero attached hydrogens (tertiary/aromatic N) is 1. The molecule has 20 heavy (non-hydrogen) atoms. The third-order valence-corrected chi connectivity index (χ3v) is 3.89. The van der Waals surface area contributed by atoms with E-state index in [1.807, 2.05) is 18.2 Å². The zero-order chi connectivity index (χ0) is 13.9. The summed E-state index contributed by atoms with van der Waals surface area (Å²) in [6.07, 6.45) is 3.45. The number of anilines is 1. The number of benzene rings is 1. The molecule has 1 aliphatic heterocycles. The molecule has 0 spiro atoms. The lowest BCUT2D eigenvalue weighted by atomic mass is 10.1. The van der Waals surface area contributed by atoms with Gasteiger partial charge >= 0.3 is 0 Å². The van der Waals surface area contributed by atoms with Crippen molar-refractivity contribution in [2.45, 2.75) is 0 Å². The van der Waals surface area contributed by atoms with Gasteiger partial charge in [-0.2, -0.15) is 0 Å². The normalized spacial score (nSPS) is 15.1. The first-order valence-electron chi connectivity index (χ1n) is 6.46. The molecule has 1 aliphatic rings. The highest BCUT2D eigenvalue weighted by Crippen LogP contribution is 2.36. The molecule has 1 unspecified atom stereocenters. The number of rotatable bonds is 4. The molecule has 6 heteroatoms. The minimum atomic E-state index is -0.810. The van der Waals surface area contributed by atoms with Crippen LogP contribution in [0.5, 0.6) is 11.5 Å². The van der Waals surface area contributed by atoms with Gasteiger partial charge in [-0.1, -0.05) is 0 Å². The lowest BCUT2D eigenvalue weighted by Gasteiger charge is -2.19. The van der Waals surface area contributed by atoms with Crippen LogP contribution in [0.2, 0.25) is 0 Å². The molecule has 0 amide bonds. The SMILES string of the molecule is CS(=O)CCNc1nccc2cc3c(cc12)OCCO3. The molecule has 1 N–H and O–H groups in total. The molecule has 0 radical (unpaired) electrons. The topological polar surface area (TPSA) is 60.5 Å². The Bertz CT molecular complexity index is 660. The molecule has 0 aliphatic carbocycles. The monoisotopic (exact) mass is 292 g/mol. The van der Waals surface area contributed by atoms with Crippen LogP contribution in [0.3, 0.4) is 0 Å². The fourth-order valence-electron chi connectivity index (χ4n) is 2.16. The first-order valence-corrected chi connectivity index (χ1v) is 8.19. The fourth-order valence-corrected chi connectivity index (χ4v) is 2.55. The van der Waals surface area contributed by atoms with E-state index in [0.29, 0.717) is 25.5 Å². The lowest BCUT2D eigenvalue weighted by Crippen LogP contribution is -2.15. The summed E-state index contributed by atoms with van der Waals surface area (Å²) >= 11 is 0. The maximum Gasteiger partial charge on any atom is 0.162 e. The zero-order valence-electron chi connectivity index (χ0n) is 11.2. The molecule has 2 aromatic rings. The molecule has 1 aromatic carbocycles. The maximum atomic E-state index is 11.1. The largest absolute Gasteiger partial charge is 0.486 e. The van der Waals surface area contributed by atoms with Crippen LogP contribution in [0.15, 0.2) is 24.4 Å².